The predicted molar refractivity (Wildman–Crippen MR) is 95.2 cm³/mol. The quantitative estimate of drug-likeness (QED) is 0.634. The van der Waals surface area contributed by atoms with Gasteiger partial charge in [-0.2, -0.15) is 0 Å². The minimum atomic E-state index is -0.264. The van der Waals surface area contributed by atoms with Gasteiger partial charge in [0.2, 0.25) is 5.91 Å². The van der Waals surface area contributed by atoms with Crippen LogP contribution in [0.25, 0.3) is 10.8 Å². The van der Waals surface area contributed by atoms with Gasteiger partial charge in [0.05, 0.1) is 0 Å². The third-order valence-corrected chi connectivity index (χ3v) is 4.05. The van der Waals surface area contributed by atoms with Crippen LogP contribution in [0.4, 0.5) is 5.69 Å². The van der Waals surface area contributed by atoms with Gasteiger partial charge < -0.3 is 15.5 Å². The number of hydrogen-bond donors (Lipinski definition) is 3. The first-order chi connectivity index (χ1) is 11.5. The molecule has 1 atom stereocenters. The van der Waals surface area contributed by atoms with E-state index in [9.17, 15) is 15.0 Å². The molecule has 3 rings (SSSR count). The standard InChI is InChI=1S/C20H19NO3/c1-13(10-14-6-9-18(22)19(23)11-14)20(24)21-17-8-7-15-4-2-3-5-16(15)12-17/h2-9,11-13,22-23H,10H2,1H3,(H,21,24). The number of anilines is 1. The van der Waals surface area contributed by atoms with Crippen LogP contribution in [0.2, 0.25) is 0 Å². The van der Waals surface area contributed by atoms with E-state index in [1.54, 1.807) is 6.07 Å². The molecule has 1 unspecified atom stereocenters. The molecule has 122 valence electrons. The molecule has 0 spiro atoms. The average Bonchev–Trinajstić information content (AvgIpc) is 2.58. The second kappa shape index (κ2) is 6.62. The summed E-state index contributed by atoms with van der Waals surface area (Å²) < 4.78 is 0. The van der Waals surface area contributed by atoms with Crippen molar-refractivity contribution in [2.45, 2.75) is 13.3 Å². The Hall–Kier alpha value is -3.01. The van der Waals surface area contributed by atoms with Crippen molar-refractivity contribution in [2.75, 3.05) is 5.32 Å². The number of amides is 1. The number of hydrogen-bond acceptors (Lipinski definition) is 3. The molecule has 4 heteroatoms. The van der Waals surface area contributed by atoms with E-state index in [1.165, 1.54) is 12.1 Å². The highest BCUT2D eigenvalue weighted by Gasteiger charge is 2.15. The predicted octanol–water partition coefficient (Wildman–Crippen LogP) is 4.07. The Labute approximate surface area is 140 Å². The molecule has 0 aromatic heterocycles. The smallest absolute Gasteiger partial charge is 0.227 e. The van der Waals surface area contributed by atoms with Crippen molar-refractivity contribution in [1.82, 2.24) is 0 Å². The summed E-state index contributed by atoms with van der Waals surface area (Å²) in [6.07, 6.45) is 0.479. The zero-order chi connectivity index (χ0) is 17.1. The van der Waals surface area contributed by atoms with Crippen LogP contribution < -0.4 is 5.32 Å². The summed E-state index contributed by atoms with van der Waals surface area (Å²) in [5.41, 5.74) is 1.56. The van der Waals surface area contributed by atoms with Gasteiger partial charge in [-0.25, -0.2) is 0 Å². The molecule has 3 N–H and O–H groups in total. The molecule has 0 saturated heterocycles. The van der Waals surface area contributed by atoms with E-state index in [2.05, 4.69) is 5.32 Å². The third-order valence-electron chi connectivity index (χ3n) is 4.05. The van der Waals surface area contributed by atoms with Crippen LogP contribution in [0.15, 0.2) is 60.7 Å². The first-order valence-corrected chi connectivity index (χ1v) is 7.83. The third kappa shape index (κ3) is 3.49. The van der Waals surface area contributed by atoms with Crippen molar-refractivity contribution < 1.29 is 15.0 Å². The number of phenolic OH excluding ortho intramolecular Hbond substituents is 2. The molecule has 3 aromatic rings. The number of fused-ring (bicyclic) bond motifs is 1. The number of aromatic hydroxyl groups is 2. The summed E-state index contributed by atoms with van der Waals surface area (Å²) >= 11 is 0. The maximum absolute atomic E-state index is 12.4. The summed E-state index contributed by atoms with van der Waals surface area (Å²) in [5, 5.41) is 24.0. The monoisotopic (exact) mass is 321 g/mol. The largest absolute Gasteiger partial charge is 0.504 e. The minimum absolute atomic E-state index is 0.0853. The van der Waals surface area contributed by atoms with E-state index >= 15 is 0 Å². The molecular formula is C20H19NO3. The van der Waals surface area contributed by atoms with Gasteiger partial charge in [-0.15, -0.1) is 0 Å². The Morgan fingerprint density at radius 2 is 1.71 bits per heavy atom. The van der Waals surface area contributed by atoms with E-state index in [-0.39, 0.29) is 23.3 Å². The number of rotatable bonds is 4. The number of phenols is 2. The highest BCUT2D eigenvalue weighted by atomic mass is 16.3. The molecule has 0 saturated carbocycles. The maximum Gasteiger partial charge on any atom is 0.227 e. The number of carbonyl (C=O) groups excluding carboxylic acids is 1. The van der Waals surface area contributed by atoms with Crippen molar-refractivity contribution in [3.05, 3.63) is 66.2 Å². The zero-order valence-electron chi connectivity index (χ0n) is 13.4. The fourth-order valence-corrected chi connectivity index (χ4v) is 2.67. The Bertz CT molecular complexity index is 889. The van der Waals surface area contributed by atoms with Crippen LogP contribution in [0.1, 0.15) is 12.5 Å². The molecular weight excluding hydrogens is 302 g/mol. The highest BCUT2D eigenvalue weighted by molar-refractivity contribution is 5.95. The first kappa shape index (κ1) is 15.9. The summed E-state index contributed by atoms with van der Waals surface area (Å²) in [7, 11) is 0. The fraction of sp³-hybridized carbons (Fsp3) is 0.150. The zero-order valence-corrected chi connectivity index (χ0v) is 13.4. The molecule has 0 fully saturated rings. The van der Waals surface area contributed by atoms with Gasteiger partial charge in [0.1, 0.15) is 0 Å². The lowest BCUT2D eigenvalue weighted by Crippen LogP contribution is -2.22. The van der Waals surface area contributed by atoms with Crippen molar-refractivity contribution in [3.8, 4) is 11.5 Å². The summed E-state index contributed by atoms with van der Waals surface area (Å²) in [6.45, 7) is 1.83. The molecule has 0 aliphatic heterocycles. The van der Waals surface area contributed by atoms with Gasteiger partial charge in [0.15, 0.2) is 11.5 Å². The molecule has 0 aliphatic rings. The van der Waals surface area contributed by atoms with Gasteiger partial charge in [-0.1, -0.05) is 43.3 Å². The molecule has 0 heterocycles. The van der Waals surface area contributed by atoms with Crippen LogP contribution in [0.3, 0.4) is 0 Å². The lowest BCUT2D eigenvalue weighted by atomic mass is 9.99. The number of nitrogens with one attached hydrogen (secondary N) is 1. The van der Waals surface area contributed by atoms with Crippen LogP contribution in [-0.4, -0.2) is 16.1 Å². The lowest BCUT2D eigenvalue weighted by molar-refractivity contribution is -0.119. The van der Waals surface area contributed by atoms with Crippen molar-refractivity contribution in [3.63, 3.8) is 0 Å². The fourth-order valence-electron chi connectivity index (χ4n) is 2.67. The number of carbonyl (C=O) groups is 1. The maximum atomic E-state index is 12.4. The Balaban J connectivity index is 1.69. The van der Waals surface area contributed by atoms with Gasteiger partial charge in [0, 0.05) is 11.6 Å². The molecule has 1 amide bonds. The van der Waals surface area contributed by atoms with E-state index in [0.29, 0.717) is 6.42 Å². The van der Waals surface area contributed by atoms with E-state index in [4.69, 9.17) is 0 Å². The van der Waals surface area contributed by atoms with Crippen LogP contribution in [0.5, 0.6) is 11.5 Å². The van der Waals surface area contributed by atoms with E-state index in [0.717, 1.165) is 22.0 Å². The molecule has 0 bridgehead atoms. The molecule has 0 aliphatic carbocycles. The lowest BCUT2D eigenvalue weighted by Gasteiger charge is -2.13. The second-order valence-electron chi connectivity index (χ2n) is 5.98. The topological polar surface area (TPSA) is 69.6 Å². The van der Waals surface area contributed by atoms with Gasteiger partial charge in [-0.05, 0) is 47.0 Å². The van der Waals surface area contributed by atoms with Crippen LogP contribution >= 0.6 is 0 Å². The number of benzene rings is 3. The van der Waals surface area contributed by atoms with Gasteiger partial charge in [-0.3, -0.25) is 4.79 Å². The second-order valence-corrected chi connectivity index (χ2v) is 5.98. The Morgan fingerprint density at radius 3 is 2.46 bits per heavy atom. The summed E-state index contributed by atoms with van der Waals surface area (Å²) in [5.74, 6) is -0.681. The van der Waals surface area contributed by atoms with Gasteiger partial charge >= 0.3 is 0 Å². The minimum Gasteiger partial charge on any atom is -0.504 e. The van der Waals surface area contributed by atoms with Crippen molar-refractivity contribution in [2.24, 2.45) is 5.92 Å². The summed E-state index contributed by atoms with van der Waals surface area (Å²) in [4.78, 5) is 12.4. The first-order valence-electron chi connectivity index (χ1n) is 7.83. The van der Waals surface area contributed by atoms with Crippen molar-refractivity contribution in [1.29, 1.82) is 0 Å². The summed E-state index contributed by atoms with van der Waals surface area (Å²) in [6, 6.07) is 18.4. The average molecular weight is 321 g/mol. The molecule has 0 radical (unpaired) electrons. The van der Waals surface area contributed by atoms with Crippen LogP contribution in [0, 0.1) is 5.92 Å². The SMILES string of the molecule is CC(Cc1ccc(O)c(O)c1)C(=O)Nc1ccc2ccccc2c1. The van der Waals surface area contributed by atoms with E-state index < -0.39 is 0 Å². The highest BCUT2D eigenvalue weighted by Crippen LogP contribution is 2.26. The molecule has 4 nitrogen and oxygen atoms in total. The van der Waals surface area contributed by atoms with E-state index in [1.807, 2.05) is 49.4 Å². The Kier molecular flexibility index (Phi) is 4.38. The van der Waals surface area contributed by atoms with Crippen molar-refractivity contribution >= 4 is 22.4 Å². The Morgan fingerprint density at radius 1 is 0.958 bits per heavy atom. The normalized spacial score (nSPS) is 12.0. The molecule has 24 heavy (non-hydrogen) atoms. The molecule has 3 aromatic carbocycles. The van der Waals surface area contributed by atoms with Crippen LogP contribution in [-0.2, 0) is 11.2 Å². The van der Waals surface area contributed by atoms with Gasteiger partial charge in [0.25, 0.3) is 0 Å².